The van der Waals surface area contributed by atoms with Crippen molar-refractivity contribution in [3.05, 3.63) is 48.6 Å². The van der Waals surface area contributed by atoms with Gasteiger partial charge in [-0.05, 0) is 23.8 Å². The molecule has 0 aliphatic rings. The number of allylic oxidation sites excluding steroid dienone is 1. The molecular formula is C20H33N. The molecule has 0 bridgehead atoms. The van der Waals surface area contributed by atoms with Crippen molar-refractivity contribution in [1.82, 2.24) is 0 Å². The molecule has 0 radical (unpaired) electrons. The van der Waals surface area contributed by atoms with E-state index in [2.05, 4.69) is 51.4 Å². The number of nitrogens with zero attached hydrogens (tertiary/aromatic N) is 1. The van der Waals surface area contributed by atoms with E-state index in [1.165, 1.54) is 24.8 Å². The van der Waals surface area contributed by atoms with E-state index < -0.39 is 0 Å². The van der Waals surface area contributed by atoms with E-state index in [1.54, 1.807) is 0 Å². The Labute approximate surface area is 132 Å². The zero-order valence-electron chi connectivity index (χ0n) is 14.4. The molecule has 0 amide bonds. The maximum atomic E-state index is 4.51. The zero-order chi connectivity index (χ0) is 15.9. The van der Waals surface area contributed by atoms with Crippen LogP contribution in [0.5, 0.6) is 0 Å². The van der Waals surface area contributed by atoms with Gasteiger partial charge in [0.2, 0.25) is 0 Å². The molecule has 0 spiro atoms. The van der Waals surface area contributed by atoms with Gasteiger partial charge in [-0.1, -0.05) is 83.4 Å². The summed E-state index contributed by atoms with van der Waals surface area (Å²) >= 11 is 0. The molecule has 1 heteroatoms. The van der Waals surface area contributed by atoms with Gasteiger partial charge in [-0.15, -0.1) is 6.58 Å². The first kappa shape index (κ1) is 19.6. The summed E-state index contributed by atoms with van der Waals surface area (Å²) in [4.78, 5) is 4.51. The van der Waals surface area contributed by atoms with Crippen LogP contribution >= 0.6 is 0 Å². The van der Waals surface area contributed by atoms with Crippen molar-refractivity contribution < 1.29 is 0 Å². The van der Waals surface area contributed by atoms with Crippen molar-refractivity contribution in [3.63, 3.8) is 0 Å². The van der Waals surface area contributed by atoms with Gasteiger partial charge >= 0.3 is 0 Å². The summed E-state index contributed by atoms with van der Waals surface area (Å²) in [7, 11) is 0. The average molecular weight is 287 g/mol. The molecule has 1 aromatic rings. The highest BCUT2D eigenvalue weighted by atomic mass is 14.7. The quantitative estimate of drug-likeness (QED) is 0.401. The highest BCUT2D eigenvalue weighted by molar-refractivity contribution is 5.79. The summed E-state index contributed by atoms with van der Waals surface area (Å²) in [5.41, 5.74) is 1.17. The second-order valence-corrected chi connectivity index (χ2v) is 5.79. The third-order valence-corrected chi connectivity index (χ3v) is 3.50. The van der Waals surface area contributed by atoms with E-state index in [9.17, 15) is 0 Å². The van der Waals surface area contributed by atoms with Gasteiger partial charge < -0.3 is 0 Å². The SMILES string of the molecule is C=CCC(CN=Cc1ccccc1)C(C)C.CCCCC. The first-order valence-electron chi connectivity index (χ1n) is 8.31. The van der Waals surface area contributed by atoms with E-state index >= 15 is 0 Å². The molecule has 0 fully saturated rings. The van der Waals surface area contributed by atoms with Crippen molar-refractivity contribution in [1.29, 1.82) is 0 Å². The van der Waals surface area contributed by atoms with Crippen LogP contribution < -0.4 is 0 Å². The molecule has 1 rings (SSSR count). The molecule has 1 atom stereocenters. The van der Waals surface area contributed by atoms with Crippen LogP contribution in [-0.2, 0) is 0 Å². The number of benzene rings is 1. The molecule has 0 saturated carbocycles. The topological polar surface area (TPSA) is 12.4 Å². The molecule has 21 heavy (non-hydrogen) atoms. The Balaban J connectivity index is 0.000000690. The minimum absolute atomic E-state index is 0.609. The maximum absolute atomic E-state index is 4.51. The van der Waals surface area contributed by atoms with Crippen LogP contribution in [0.15, 0.2) is 48.0 Å². The smallest absolute Gasteiger partial charge is 0.0423 e. The molecule has 1 unspecified atom stereocenters. The van der Waals surface area contributed by atoms with Gasteiger partial charge in [0.05, 0.1) is 0 Å². The van der Waals surface area contributed by atoms with Gasteiger partial charge in [0, 0.05) is 12.8 Å². The second-order valence-electron chi connectivity index (χ2n) is 5.79. The normalized spacial score (nSPS) is 12.0. The highest BCUT2D eigenvalue weighted by Crippen LogP contribution is 2.15. The van der Waals surface area contributed by atoms with Crippen LogP contribution in [-0.4, -0.2) is 12.8 Å². The minimum Gasteiger partial charge on any atom is -0.292 e. The Morgan fingerprint density at radius 3 is 2.14 bits per heavy atom. The van der Waals surface area contributed by atoms with Gasteiger partial charge in [0.25, 0.3) is 0 Å². The molecular weight excluding hydrogens is 254 g/mol. The Kier molecular flexibility index (Phi) is 12.7. The first-order chi connectivity index (χ1) is 10.2. The van der Waals surface area contributed by atoms with Crippen molar-refractivity contribution in [2.75, 3.05) is 6.54 Å². The standard InChI is InChI=1S/C15H21N.C5H12/c1-4-8-15(13(2)3)12-16-11-14-9-6-5-7-10-14;1-3-5-4-2/h4-7,9-11,13,15H,1,8,12H2,2-3H3;3-5H2,1-2H3. The van der Waals surface area contributed by atoms with Crippen molar-refractivity contribution in [2.24, 2.45) is 16.8 Å². The minimum atomic E-state index is 0.609. The summed E-state index contributed by atoms with van der Waals surface area (Å²) in [6.45, 7) is 13.6. The van der Waals surface area contributed by atoms with Crippen molar-refractivity contribution in [2.45, 2.75) is 53.4 Å². The van der Waals surface area contributed by atoms with Gasteiger partial charge in [-0.2, -0.15) is 0 Å². The third kappa shape index (κ3) is 11.0. The molecule has 0 aromatic heterocycles. The summed E-state index contributed by atoms with van der Waals surface area (Å²) in [6.07, 6.45) is 9.07. The molecule has 0 aliphatic carbocycles. The van der Waals surface area contributed by atoms with Crippen LogP contribution in [0.2, 0.25) is 0 Å². The van der Waals surface area contributed by atoms with Gasteiger partial charge in [-0.3, -0.25) is 4.99 Å². The average Bonchev–Trinajstić information content (AvgIpc) is 2.49. The lowest BCUT2D eigenvalue weighted by molar-refractivity contribution is 0.400. The van der Waals surface area contributed by atoms with Gasteiger partial charge in [-0.25, -0.2) is 0 Å². The zero-order valence-corrected chi connectivity index (χ0v) is 14.4. The molecule has 1 aromatic carbocycles. The summed E-state index contributed by atoms with van der Waals surface area (Å²) in [6, 6.07) is 10.2. The maximum Gasteiger partial charge on any atom is 0.0423 e. The van der Waals surface area contributed by atoms with Crippen LogP contribution in [0.4, 0.5) is 0 Å². The predicted octanol–water partition coefficient (Wildman–Crippen LogP) is 6.15. The molecule has 1 nitrogen and oxygen atoms in total. The number of unbranched alkanes of at least 4 members (excludes halogenated alkanes) is 2. The Morgan fingerprint density at radius 1 is 1.10 bits per heavy atom. The van der Waals surface area contributed by atoms with Crippen LogP contribution in [0.3, 0.4) is 0 Å². The Morgan fingerprint density at radius 2 is 1.71 bits per heavy atom. The lowest BCUT2D eigenvalue weighted by Gasteiger charge is -2.16. The molecule has 0 N–H and O–H groups in total. The number of hydrogen-bond donors (Lipinski definition) is 0. The monoisotopic (exact) mass is 287 g/mol. The lowest BCUT2D eigenvalue weighted by atomic mass is 9.93. The number of rotatable bonds is 8. The van der Waals surface area contributed by atoms with Crippen LogP contribution in [0.25, 0.3) is 0 Å². The number of hydrogen-bond acceptors (Lipinski definition) is 1. The first-order valence-corrected chi connectivity index (χ1v) is 8.31. The van der Waals surface area contributed by atoms with Crippen molar-refractivity contribution >= 4 is 6.21 Å². The molecule has 0 heterocycles. The predicted molar refractivity (Wildman–Crippen MR) is 97.2 cm³/mol. The van der Waals surface area contributed by atoms with E-state index in [0.717, 1.165) is 13.0 Å². The highest BCUT2D eigenvalue weighted by Gasteiger charge is 2.09. The van der Waals surface area contributed by atoms with E-state index in [0.29, 0.717) is 11.8 Å². The summed E-state index contributed by atoms with van der Waals surface area (Å²) in [5.74, 6) is 1.27. The largest absolute Gasteiger partial charge is 0.292 e. The van der Waals surface area contributed by atoms with E-state index in [-0.39, 0.29) is 0 Å². The lowest BCUT2D eigenvalue weighted by Crippen LogP contribution is -2.11. The summed E-state index contributed by atoms with van der Waals surface area (Å²) < 4.78 is 0. The van der Waals surface area contributed by atoms with Gasteiger partial charge in [0.15, 0.2) is 0 Å². The van der Waals surface area contributed by atoms with Crippen molar-refractivity contribution in [3.8, 4) is 0 Å². The number of aliphatic imine (C=N–C) groups is 1. The fraction of sp³-hybridized carbons (Fsp3) is 0.550. The fourth-order valence-corrected chi connectivity index (χ4v) is 1.96. The summed E-state index contributed by atoms with van der Waals surface area (Å²) in [5, 5.41) is 0. The van der Waals surface area contributed by atoms with Crippen LogP contribution in [0.1, 0.15) is 58.9 Å². The van der Waals surface area contributed by atoms with E-state index in [1.807, 2.05) is 30.5 Å². The molecule has 0 aliphatic heterocycles. The Bertz CT molecular complexity index is 363. The Hall–Kier alpha value is -1.37. The second kappa shape index (κ2) is 13.6. The van der Waals surface area contributed by atoms with E-state index in [4.69, 9.17) is 0 Å². The van der Waals surface area contributed by atoms with Gasteiger partial charge in [0.1, 0.15) is 0 Å². The van der Waals surface area contributed by atoms with Crippen LogP contribution in [0, 0.1) is 11.8 Å². The molecule has 0 saturated heterocycles. The third-order valence-electron chi connectivity index (χ3n) is 3.50. The molecule has 118 valence electrons. The fourth-order valence-electron chi connectivity index (χ4n) is 1.96.